The molecule has 0 saturated heterocycles. The van der Waals surface area contributed by atoms with Gasteiger partial charge in [0.15, 0.2) is 6.61 Å². The summed E-state index contributed by atoms with van der Waals surface area (Å²) in [6.45, 7) is 1.18. The summed E-state index contributed by atoms with van der Waals surface area (Å²) >= 11 is 2.97. The first-order valence-corrected chi connectivity index (χ1v) is 10.9. The highest BCUT2D eigenvalue weighted by Gasteiger charge is 2.33. The monoisotopic (exact) mass is 466 g/mol. The molecule has 1 N–H and O–H groups in total. The van der Waals surface area contributed by atoms with Gasteiger partial charge in [0.25, 0.3) is 5.91 Å². The van der Waals surface area contributed by atoms with E-state index in [-0.39, 0.29) is 5.56 Å². The first-order valence-electron chi connectivity index (χ1n) is 9.00. The molecule has 1 amide bonds. The third-order valence-electron chi connectivity index (χ3n) is 4.03. The molecule has 3 aromatic rings. The SMILES string of the molecule is Cc1csc(SCc2ccccc2C(=O)OCC(=O)Nc2ccccc2C(F)(F)F)n1. The number of para-hydroxylation sites is 1. The topological polar surface area (TPSA) is 68.3 Å². The van der Waals surface area contributed by atoms with Crippen LogP contribution >= 0.6 is 23.1 Å². The molecule has 0 atom stereocenters. The number of amides is 1. The van der Waals surface area contributed by atoms with Crippen molar-refractivity contribution in [3.05, 3.63) is 76.3 Å². The molecule has 0 radical (unpaired) electrons. The molecule has 1 aromatic heterocycles. The van der Waals surface area contributed by atoms with E-state index in [4.69, 9.17) is 4.74 Å². The maximum atomic E-state index is 13.0. The lowest BCUT2D eigenvalue weighted by molar-refractivity contribution is -0.137. The number of benzene rings is 2. The molecule has 0 aliphatic heterocycles. The standard InChI is InChI=1S/C21H17F3N2O3S2/c1-13-11-30-20(25-13)31-12-14-6-2-3-7-15(14)19(28)29-10-18(27)26-17-9-5-4-8-16(17)21(22,23)24/h2-9,11H,10,12H2,1H3,(H,26,27). The van der Waals surface area contributed by atoms with Crippen molar-refractivity contribution in [1.82, 2.24) is 4.98 Å². The Morgan fingerprint density at radius 2 is 1.84 bits per heavy atom. The van der Waals surface area contributed by atoms with E-state index >= 15 is 0 Å². The van der Waals surface area contributed by atoms with E-state index in [9.17, 15) is 22.8 Å². The van der Waals surface area contributed by atoms with Crippen LogP contribution in [0.15, 0.2) is 58.3 Å². The van der Waals surface area contributed by atoms with Crippen LogP contribution in [0.1, 0.15) is 27.2 Å². The Morgan fingerprint density at radius 1 is 1.13 bits per heavy atom. The number of carbonyl (C=O) groups is 2. The maximum absolute atomic E-state index is 13.0. The number of alkyl halides is 3. The van der Waals surface area contributed by atoms with Crippen LogP contribution in [0.25, 0.3) is 0 Å². The van der Waals surface area contributed by atoms with Crippen LogP contribution in [0.2, 0.25) is 0 Å². The van der Waals surface area contributed by atoms with Gasteiger partial charge in [-0.05, 0) is 30.7 Å². The number of rotatable bonds is 7. The smallest absolute Gasteiger partial charge is 0.418 e. The molecule has 0 saturated carbocycles. The van der Waals surface area contributed by atoms with Gasteiger partial charge >= 0.3 is 12.1 Å². The zero-order valence-corrected chi connectivity index (χ0v) is 17.9. The molecule has 2 aromatic carbocycles. The second kappa shape index (κ2) is 9.97. The quantitative estimate of drug-likeness (QED) is 0.365. The Bertz CT molecular complexity index is 1080. The summed E-state index contributed by atoms with van der Waals surface area (Å²) in [7, 11) is 0. The molecule has 0 aliphatic rings. The first kappa shape index (κ1) is 22.8. The van der Waals surface area contributed by atoms with Crippen LogP contribution in [-0.2, 0) is 21.5 Å². The van der Waals surface area contributed by atoms with Gasteiger partial charge in [-0.25, -0.2) is 9.78 Å². The minimum Gasteiger partial charge on any atom is -0.452 e. The van der Waals surface area contributed by atoms with Gasteiger partial charge in [0.2, 0.25) is 0 Å². The predicted molar refractivity (Wildman–Crippen MR) is 113 cm³/mol. The number of halogens is 3. The fraction of sp³-hybridized carbons (Fsp3) is 0.190. The lowest BCUT2D eigenvalue weighted by Gasteiger charge is -2.14. The van der Waals surface area contributed by atoms with Gasteiger partial charge in [0.05, 0.1) is 16.8 Å². The highest BCUT2D eigenvalue weighted by atomic mass is 32.2. The van der Waals surface area contributed by atoms with Crippen molar-refractivity contribution >= 4 is 40.7 Å². The van der Waals surface area contributed by atoms with Crippen molar-refractivity contribution in [2.45, 2.75) is 23.2 Å². The Kier molecular flexibility index (Phi) is 7.34. The van der Waals surface area contributed by atoms with Crippen LogP contribution in [-0.4, -0.2) is 23.5 Å². The number of nitrogens with zero attached hydrogens (tertiary/aromatic N) is 1. The van der Waals surface area contributed by atoms with Crippen molar-refractivity contribution in [2.24, 2.45) is 0 Å². The van der Waals surface area contributed by atoms with Gasteiger partial charge in [-0.1, -0.05) is 42.1 Å². The van der Waals surface area contributed by atoms with Crippen molar-refractivity contribution in [1.29, 1.82) is 0 Å². The molecule has 10 heteroatoms. The summed E-state index contributed by atoms with van der Waals surface area (Å²) in [5.41, 5.74) is 0.527. The van der Waals surface area contributed by atoms with Gasteiger partial charge in [-0.2, -0.15) is 13.2 Å². The summed E-state index contributed by atoms with van der Waals surface area (Å²) in [5, 5.41) is 4.07. The number of thiazole rings is 1. The molecule has 1 heterocycles. The summed E-state index contributed by atoms with van der Waals surface area (Å²) in [6, 6.07) is 11.4. The van der Waals surface area contributed by atoms with E-state index in [0.29, 0.717) is 11.3 Å². The molecule has 0 bridgehead atoms. The van der Waals surface area contributed by atoms with E-state index < -0.39 is 35.9 Å². The minimum absolute atomic E-state index is 0.284. The average molecular weight is 467 g/mol. The normalized spacial score (nSPS) is 11.2. The molecule has 0 spiro atoms. The van der Waals surface area contributed by atoms with E-state index in [1.165, 1.54) is 35.2 Å². The number of nitrogens with one attached hydrogen (secondary N) is 1. The Hall–Kier alpha value is -2.85. The number of aromatic nitrogens is 1. The highest BCUT2D eigenvalue weighted by Crippen LogP contribution is 2.34. The number of anilines is 1. The average Bonchev–Trinajstić information content (AvgIpc) is 3.15. The largest absolute Gasteiger partial charge is 0.452 e. The minimum atomic E-state index is -4.62. The molecule has 31 heavy (non-hydrogen) atoms. The van der Waals surface area contributed by atoms with E-state index in [0.717, 1.165) is 22.2 Å². The van der Waals surface area contributed by atoms with Gasteiger partial charge in [-0.3, -0.25) is 4.79 Å². The molecule has 0 unspecified atom stereocenters. The van der Waals surface area contributed by atoms with Crippen molar-refractivity contribution in [3.8, 4) is 0 Å². The Balaban J connectivity index is 1.61. The first-order chi connectivity index (χ1) is 14.7. The second-order valence-electron chi connectivity index (χ2n) is 6.37. The van der Waals surface area contributed by atoms with E-state index in [1.807, 2.05) is 12.3 Å². The number of carbonyl (C=O) groups excluding carboxylic acids is 2. The second-order valence-corrected chi connectivity index (χ2v) is 8.45. The van der Waals surface area contributed by atoms with Crippen molar-refractivity contribution < 1.29 is 27.5 Å². The molecule has 162 valence electrons. The number of hydrogen-bond donors (Lipinski definition) is 1. The van der Waals surface area contributed by atoms with E-state index in [1.54, 1.807) is 24.3 Å². The number of thioether (sulfide) groups is 1. The zero-order valence-electron chi connectivity index (χ0n) is 16.2. The zero-order chi connectivity index (χ0) is 22.4. The molecular weight excluding hydrogens is 449 g/mol. The van der Waals surface area contributed by atoms with Crippen LogP contribution in [0.3, 0.4) is 0 Å². The van der Waals surface area contributed by atoms with Gasteiger partial charge in [0.1, 0.15) is 4.34 Å². The summed E-state index contributed by atoms with van der Waals surface area (Å²) < 4.78 is 45.0. The highest BCUT2D eigenvalue weighted by molar-refractivity contribution is 8.00. The summed E-state index contributed by atoms with van der Waals surface area (Å²) in [6.07, 6.45) is -4.62. The number of aryl methyl sites for hydroxylation is 1. The fourth-order valence-corrected chi connectivity index (χ4v) is 4.47. The van der Waals surface area contributed by atoms with Crippen LogP contribution in [0.4, 0.5) is 18.9 Å². The number of ether oxygens (including phenoxy) is 1. The maximum Gasteiger partial charge on any atom is 0.418 e. The van der Waals surface area contributed by atoms with Crippen molar-refractivity contribution in [2.75, 3.05) is 11.9 Å². The van der Waals surface area contributed by atoms with Gasteiger partial charge < -0.3 is 10.1 Å². The van der Waals surface area contributed by atoms with Gasteiger partial charge in [0, 0.05) is 16.8 Å². The third-order valence-corrected chi connectivity index (χ3v) is 6.21. The van der Waals surface area contributed by atoms with Crippen molar-refractivity contribution in [3.63, 3.8) is 0 Å². The lowest BCUT2D eigenvalue weighted by Crippen LogP contribution is -2.23. The lowest BCUT2D eigenvalue weighted by atomic mass is 10.1. The molecular formula is C21H17F3N2O3S2. The molecule has 0 fully saturated rings. The molecule has 5 nitrogen and oxygen atoms in total. The van der Waals surface area contributed by atoms with Crippen LogP contribution in [0.5, 0.6) is 0 Å². The number of hydrogen-bond acceptors (Lipinski definition) is 6. The van der Waals surface area contributed by atoms with Crippen LogP contribution in [0, 0.1) is 6.92 Å². The summed E-state index contributed by atoms with van der Waals surface area (Å²) in [4.78, 5) is 28.9. The molecule has 0 aliphatic carbocycles. The number of esters is 1. The fourth-order valence-electron chi connectivity index (χ4n) is 2.62. The van der Waals surface area contributed by atoms with E-state index in [2.05, 4.69) is 10.3 Å². The Morgan fingerprint density at radius 3 is 2.55 bits per heavy atom. The molecule has 3 rings (SSSR count). The third kappa shape index (κ3) is 6.31. The predicted octanol–water partition coefficient (Wildman–Crippen LogP) is 5.56. The Labute approximate surface area is 184 Å². The van der Waals surface area contributed by atoms with Crippen LogP contribution < -0.4 is 5.32 Å². The van der Waals surface area contributed by atoms with Gasteiger partial charge in [-0.15, -0.1) is 11.3 Å². The summed E-state index contributed by atoms with van der Waals surface area (Å²) in [5.74, 6) is -1.12.